The van der Waals surface area contributed by atoms with Crippen LogP contribution < -0.4 is 4.72 Å². The lowest BCUT2D eigenvalue weighted by Crippen LogP contribution is -2.13. The van der Waals surface area contributed by atoms with E-state index >= 15 is 0 Å². The van der Waals surface area contributed by atoms with Crippen molar-refractivity contribution in [1.29, 1.82) is 0 Å². The SMILES string of the molecule is O=S(=O)(Nc1ccc(Cl)cc1Cl)c1cccc2cnccc12. The highest BCUT2D eigenvalue weighted by molar-refractivity contribution is 7.93. The molecule has 0 aliphatic rings. The summed E-state index contributed by atoms with van der Waals surface area (Å²) >= 11 is 11.8. The average molecular weight is 353 g/mol. The molecular formula is C15H10Cl2N2O2S. The first kappa shape index (κ1) is 15.1. The Morgan fingerprint density at radius 1 is 1.05 bits per heavy atom. The molecule has 1 aromatic heterocycles. The van der Waals surface area contributed by atoms with Crippen LogP contribution in [0, 0.1) is 0 Å². The lowest BCUT2D eigenvalue weighted by atomic mass is 10.2. The molecule has 0 radical (unpaired) electrons. The van der Waals surface area contributed by atoms with E-state index in [2.05, 4.69) is 9.71 Å². The van der Waals surface area contributed by atoms with Gasteiger partial charge in [0.1, 0.15) is 0 Å². The summed E-state index contributed by atoms with van der Waals surface area (Å²) in [6.45, 7) is 0. The molecule has 22 heavy (non-hydrogen) atoms. The highest BCUT2D eigenvalue weighted by atomic mass is 35.5. The highest BCUT2D eigenvalue weighted by Gasteiger charge is 2.18. The number of hydrogen-bond donors (Lipinski definition) is 1. The fourth-order valence-corrected chi connectivity index (χ4v) is 3.92. The van der Waals surface area contributed by atoms with Crippen molar-refractivity contribution in [3.63, 3.8) is 0 Å². The number of hydrogen-bond acceptors (Lipinski definition) is 3. The molecule has 3 rings (SSSR count). The third-order valence-corrected chi connectivity index (χ3v) is 5.08. The van der Waals surface area contributed by atoms with E-state index in [0.29, 0.717) is 10.4 Å². The van der Waals surface area contributed by atoms with Crippen molar-refractivity contribution in [1.82, 2.24) is 4.98 Å². The minimum absolute atomic E-state index is 0.165. The summed E-state index contributed by atoms with van der Waals surface area (Å²) in [6, 6.07) is 11.2. The van der Waals surface area contributed by atoms with Gasteiger partial charge in [0.25, 0.3) is 10.0 Å². The Kier molecular flexibility index (Phi) is 3.95. The molecule has 112 valence electrons. The van der Waals surface area contributed by atoms with Gasteiger partial charge >= 0.3 is 0 Å². The number of fused-ring (bicyclic) bond motifs is 1. The van der Waals surface area contributed by atoms with Gasteiger partial charge in [-0.2, -0.15) is 0 Å². The van der Waals surface area contributed by atoms with E-state index in [0.717, 1.165) is 5.39 Å². The predicted molar refractivity (Wildman–Crippen MR) is 89.0 cm³/mol. The third-order valence-electron chi connectivity index (χ3n) is 3.11. The molecule has 0 bridgehead atoms. The Morgan fingerprint density at radius 3 is 2.64 bits per heavy atom. The van der Waals surface area contributed by atoms with Crippen molar-refractivity contribution in [2.75, 3.05) is 4.72 Å². The maximum Gasteiger partial charge on any atom is 0.262 e. The van der Waals surface area contributed by atoms with Gasteiger partial charge in [-0.25, -0.2) is 8.42 Å². The molecule has 1 heterocycles. The largest absolute Gasteiger partial charge is 0.278 e. The Labute approximate surface area is 137 Å². The van der Waals surface area contributed by atoms with E-state index in [4.69, 9.17) is 23.2 Å². The fourth-order valence-electron chi connectivity index (χ4n) is 2.10. The number of pyridine rings is 1. The third kappa shape index (κ3) is 2.88. The number of nitrogens with zero attached hydrogens (tertiary/aromatic N) is 1. The molecule has 0 saturated heterocycles. The van der Waals surface area contributed by atoms with Crippen molar-refractivity contribution in [2.45, 2.75) is 4.90 Å². The van der Waals surface area contributed by atoms with E-state index in [1.165, 1.54) is 18.2 Å². The van der Waals surface area contributed by atoms with E-state index in [1.807, 2.05) is 0 Å². The summed E-state index contributed by atoms with van der Waals surface area (Å²) in [4.78, 5) is 4.16. The van der Waals surface area contributed by atoms with Gasteiger partial charge in [-0.3, -0.25) is 9.71 Å². The van der Waals surface area contributed by atoms with Crippen LogP contribution >= 0.6 is 23.2 Å². The molecule has 0 amide bonds. The number of benzene rings is 2. The quantitative estimate of drug-likeness (QED) is 0.762. The topological polar surface area (TPSA) is 59.1 Å². The number of aromatic nitrogens is 1. The number of rotatable bonds is 3. The second-order valence-electron chi connectivity index (χ2n) is 4.58. The lowest BCUT2D eigenvalue weighted by molar-refractivity contribution is 0.602. The standard InChI is InChI=1S/C15H10Cl2N2O2S/c16-11-4-5-14(13(17)8-11)19-22(20,21)15-3-1-2-10-9-18-7-6-12(10)15/h1-9,19H. The fraction of sp³-hybridized carbons (Fsp3) is 0. The molecule has 0 saturated carbocycles. The maximum absolute atomic E-state index is 12.6. The minimum atomic E-state index is -3.78. The normalized spacial score (nSPS) is 11.5. The van der Waals surface area contributed by atoms with Gasteiger partial charge in [-0.15, -0.1) is 0 Å². The first-order valence-corrected chi connectivity index (χ1v) is 8.52. The number of nitrogens with one attached hydrogen (secondary N) is 1. The van der Waals surface area contributed by atoms with Crippen LogP contribution in [0.15, 0.2) is 59.8 Å². The molecule has 0 fully saturated rings. The smallest absolute Gasteiger partial charge is 0.262 e. The van der Waals surface area contributed by atoms with Crippen molar-refractivity contribution in [2.24, 2.45) is 0 Å². The summed E-state index contributed by atoms with van der Waals surface area (Å²) in [6.07, 6.45) is 3.17. The Hall–Kier alpha value is -1.82. The van der Waals surface area contributed by atoms with Gasteiger partial charge < -0.3 is 0 Å². The molecule has 3 aromatic rings. The van der Waals surface area contributed by atoms with Gasteiger partial charge in [-0.05, 0) is 30.3 Å². The lowest BCUT2D eigenvalue weighted by Gasteiger charge is -2.11. The van der Waals surface area contributed by atoms with Crippen molar-refractivity contribution in [3.05, 3.63) is 64.9 Å². The van der Waals surface area contributed by atoms with Gasteiger partial charge in [0, 0.05) is 28.2 Å². The van der Waals surface area contributed by atoms with Crippen LogP contribution in [0.3, 0.4) is 0 Å². The zero-order valence-corrected chi connectivity index (χ0v) is 13.5. The molecule has 1 N–H and O–H groups in total. The van der Waals surface area contributed by atoms with Crippen LogP contribution in [-0.4, -0.2) is 13.4 Å². The number of anilines is 1. The second kappa shape index (κ2) is 5.76. The van der Waals surface area contributed by atoms with Crippen LogP contribution in [-0.2, 0) is 10.0 Å². The Morgan fingerprint density at radius 2 is 1.86 bits per heavy atom. The first-order chi connectivity index (χ1) is 10.5. The van der Waals surface area contributed by atoms with Gasteiger partial charge in [0.15, 0.2) is 0 Å². The summed E-state index contributed by atoms with van der Waals surface area (Å²) in [7, 11) is -3.78. The second-order valence-corrected chi connectivity index (χ2v) is 7.08. The van der Waals surface area contributed by atoms with E-state index in [1.54, 1.807) is 36.7 Å². The van der Waals surface area contributed by atoms with Crippen molar-refractivity contribution in [3.8, 4) is 0 Å². The molecule has 0 spiro atoms. The monoisotopic (exact) mass is 352 g/mol. The Bertz CT molecular complexity index is 953. The summed E-state index contributed by atoms with van der Waals surface area (Å²) in [5.74, 6) is 0. The van der Waals surface area contributed by atoms with Crippen LogP contribution in [0.4, 0.5) is 5.69 Å². The summed E-state index contributed by atoms with van der Waals surface area (Å²) in [5.41, 5.74) is 0.275. The molecule has 0 aliphatic carbocycles. The van der Waals surface area contributed by atoms with Crippen LogP contribution in [0.2, 0.25) is 10.0 Å². The van der Waals surface area contributed by atoms with Gasteiger partial charge in [-0.1, -0.05) is 35.3 Å². The molecule has 0 unspecified atom stereocenters. The zero-order chi connectivity index (χ0) is 15.7. The molecule has 2 aromatic carbocycles. The molecule has 0 aliphatic heterocycles. The van der Waals surface area contributed by atoms with Crippen LogP contribution in [0.5, 0.6) is 0 Å². The predicted octanol–water partition coefficient (Wildman–Crippen LogP) is 4.34. The van der Waals surface area contributed by atoms with E-state index in [-0.39, 0.29) is 15.6 Å². The van der Waals surface area contributed by atoms with E-state index < -0.39 is 10.0 Å². The van der Waals surface area contributed by atoms with Crippen LogP contribution in [0.25, 0.3) is 10.8 Å². The Balaban J connectivity index is 2.09. The van der Waals surface area contributed by atoms with Gasteiger partial charge in [0.05, 0.1) is 15.6 Å². The minimum Gasteiger partial charge on any atom is -0.278 e. The molecule has 0 atom stereocenters. The average Bonchev–Trinajstić information content (AvgIpc) is 2.49. The first-order valence-electron chi connectivity index (χ1n) is 6.28. The summed E-state index contributed by atoms with van der Waals surface area (Å²) in [5, 5.41) is 2.00. The van der Waals surface area contributed by atoms with E-state index in [9.17, 15) is 8.42 Å². The maximum atomic E-state index is 12.6. The van der Waals surface area contributed by atoms with Crippen molar-refractivity contribution < 1.29 is 8.42 Å². The summed E-state index contributed by atoms with van der Waals surface area (Å²) < 4.78 is 27.7. The molecular weight excluding hydrogens is 343 g/mol. The number of sulfonamides is 1. The van der Waals surface area contributed by atoms with Gasteiger partial charge in [0.2, 0.25) is 0 Å². The van der Waals surface area contributed by atoms with Crippen LogP contribution in [0.1, 0.15) is 0 Å². The highest BCUT2D eigenvalue weighted by Crippen LogP contribution is 2.29. The van der Waals surface area contributed by atoms with Crippen molar-refractivity contribution >= 4 is 49.7 Å². The molecule has 7 heteroatoms. The molecule has 4 nitrogen and oxygen atoms in total. The number of halogens is 2. The zero-order valence-electron chi connectivity index (χ0n) is 11.1.